The highest BCUT2D eigenvalue weighted by molar-refractivity contribution is 8.00. The van der Waals surface area contributed by atoms with Crippen LogP contribution in [0.15, 0.2) is 17.0 Å². The molecule has 4 N–H and O–H groups in total. The Hall–Kier alpha value is -1.91. The SMILES string of the molecule is CCC(=O)Nc1[nH]nc(-c2c(Cl)cc(SC(F)(F)F)cc2Cl)c1C(N)=O. The fourth-order valence-corrected chi connectivity index (χ4v) is 3.47. The maximum absolute atomic E-state index is 12.5. The lowest BCUT2D eigenvalue weighted by molar-refractivity contribution is -0.115. The molecule has 1 heterocycles. The van der Waals surface area contributed by atoms with Crippen LogP contribution in [0.3, 0.4) is 0 Å². The van der Waals surface area contributed by atoms with Gasteiger partial charge in [-0.2, -0.15) is 18.3 Å². The summed E-state index contributed by atoms with van der Waals surface area (Å²) in [7, 11) is 0. The van der Waals surface area contributed by atoms with Gasteiger partial charge in [-0.05, 0) is 23.9 Å². The van der Waals surface area contributed by atoms with Gasteiger partial charge in [0.25, 0.3) is 5.91 Å². The van der Waals surface area contributed by atoms with E-state index in [1.807, 2.05) is 0 Å². The lowest BCUT2D eigenvalue weighted by Gasteiger charge is -2.11. The summed E-state index contributed by atoms with van der Waals surface area (Å²) in [5.41, 5.74) is 0.567. The summed E-state index contributed by atoms with van der Waals surface area (Å²) < 4.78 is 37.5. The first-order valence-electron chi connectivity index (χ1n) is 6.96. The molecule has 0 saturated carbocycles. The zero-order valence-corrected chi connectivity index (χ0v) is 15.3. The first kappa shape index (κ1) is 20.4. The van der Waals surface area contributed by atoms with Gasteiger partial charge in [-0.1, -0.05) is 30.1 Å². The highest BCUT2D eigenvalue weighted by Gasteiger charge is 2.31. The molecular formula is C14H11Cl2F3N4O2S. The lowest BCUT2D eigenvalue weighted by atomic mass is 10.1. The van der Waals surface area contributed by atoms with Gasteiger partial charge in [0.2, 0.25) is 5.91 Å². The summed E-state index contributed by atoms with van der Waals surface area (Å²) >= 11 is 11.7. The van der Waals surface area contributed by atoms with Gasteiger partial charge in [0, 0.05) is 16.9 Å². The molecule has 26 heavy (non-hydrogen) atoms. The number of aromatic nitrogens is 2. The van der Waals surface area contributed by atoms with Crippen LogP contribution in [-0.4, -0.2) is 27.5 Å². The number of H-pyrrole nitrogens is 1. The number of benzene rings is 1. The molecule has 12 heteroatoms. The van der Waals surface area contributed by atoms with Gasteiger partial charge in [-0.3, -0.25) is 14.7 Å². The molecule has 0 aliphatic carbocycles. The Balaban J connectivity index is 2.55. The average molecular weight is 427 g/mol. The van der Waals surface area contributed by atoms with Crippen LogP contribution in [0.25, 0.3) is 11.3 Å². The van der Waals surface area contributed by atoms with Gasteiger partial charge in [-0.15, -0.1) is 0 Å². The summed E-state index contributed by atoms with van der Waals surface area (Å²) in [6.07, 6.45) is 0.136. The summed E-state index contributed by atoms with van der Waals surface area (Å²) in [4.78, 5) is 23.1. The van der Waals surface area contributed by atoms with Gasteiger partial charge in [0.1, 0.15) is 17.1 Å². The number of thioether (sulfide) groups is 1. The number of aromatic amines is 1. The highest BCUT2D eigenvalue weighted by Crippen LogP contribution is 2.43. The molecule has 0 bridgehead atoms. The Kier molecular flexibility index (Phi) is 6.09. The van der Waals surface area contributed by atoms with Crippen molar-refractivity contribution < 1.29 is 22.8 Å². The summed E-state index contributed by atoms with van der Waals surface area (Å²) in [6, 6.07) is 2.09. The number of carbonyl (C=O) groups excluding carboxylic acids is 2. The normalized spacial score (nSPS) is 11.5. The van der Waals surface area contributed by atoms with Crippen molar-refractivity contribution in [2.45, 2.75) is 23.7 Å². The number of alkyl halides is 3. The molecule has 0 radical (unpaired) electrons. The fraction of sp³-hybridized carbons (Fsp3) is 0.214. The molecular weight excluding hydrogens is 416 g/mol. The third-order valence-electron chi connectivity index (χ3n) is 3.08. The first-order chi connectivity index (χ1) is 12.0. The maximum Gasteiger partial charge on any atom is 0.446 e. The molecule has 0 fully saturated rings. The van der Waals surface area contributed by atoms with Crippen LogP contribution in [0.2, 0.25) is 10.0 Å². The number of nitrogens with two attached hydrogens (primary N) is 1. The molecule has 0 atom stereocenters. The van der Waals surface area contributed by atoms with Crippen LogP contribution in [-0.2, 0) is 4.79 Å². The van der Waals surface area contributed by atoms with Crippen LogP contribution in [0.1, 0.15) is 23.7 Å². The Bertz CT molecular complexity index is 847. The molecule has 0 aliphatic rings. The monoisotopic (exact) mass is 426 g/mol. The number of amides is 2. The number of anilines is 1. The molecule has 1 aromatic heterocycles. The Morgan fingerprint density at radius 3 is 2.35 bits per heavy atom. The van der Waals surface area contributed by atoms with E-state index in [0.717, 1.165) is 12.1 Å². The lowest BCUT2D eigenvalue weighted by Crippen LogP contribution is -2.17. The number of hydrogen-bond acceptors (Lipinski definition) is 4. The first-order valence-corrected chi connectivity index (χ1v) is 8.54. The Morgan fingerprint density at radius 2 is 1.88 bits per heavy atom. The zero-order chi connectivity index (χ0) is 19.6. The molecule has 2 rings (SSSR count). The van der Waals surface area contributed by atoms with E-state index in [-0.39, 0.29) is 55.8 Å². The number of halogens is 5. The number of hydrogen-bond donors (Lipinski definition) is 3. The van der Waals surface area contributed by atoms with Crippen molar-refractivity contribution in [3.63, 3.8) is 0 Å². The van der Waals surface area contributed by atoms with Crippen LogP contribution in [0, 0.1) is 0 Å². The Labute approximate surface area is 159 Å². The van der Waals surface area contributed by atoms with Crippen molar-refractivity contribution in [1.82, 2.24) is 10.2 Å². The topological polar surface area (TPSA) is 101 Å². The zero-order valence-electron chi connectivity index (χ0n) is 13.0. The van der Waals surface area contributed by atoms with Gasteiger partial charge in [-0.25, -0.2) is 0 Å². The maximum atomic E-state index is 12.5. The van der Waals surface area contributed by atoms with Gasteiger partial charge in [0.15, 0.2) is 0 Å². The second-order valence-electron chi connectivity index (χ2n) is 4.90. The highest BCUT2D eigenvalue weighted by atomic mass is 35.5. The van der Waals surface area contributed by atoms with Crippen LogP contribution < -0.4 is 11.1 Å². The van der Waals surface area contributed by atoms with Crippen LogP contribution in [0.4, 0.5) is 19.0 Å². The quantitative estimate of drug-likeness (QED) is 0.614. The number of rotatable bonds is 5. The van der Waals surface area contributed by atoms with Crippen molar-refractivity contribution in [3.8, 4) is 11.3 Å². The van der Waals surface area contributed by atoms with Crippen molar-refractivity contribution in [1.29, 1.82) is 0 Å². The number of nitrogens with one attached hydrogen (secondary N) is 2. The van der Waals surface area contributed by atoms with E-state index in [4.69, 9.17) is 28.9 Å². The van der Waals surface area contributed by atoms with Crippen molar-refractivity contribution in [2.24, 2.45) is 5.73 Å². The minimum Gasteiger partial charge on any atom is -0.365 e. The van der Waals surface area contributed by atoms with Crippen LogP contribution >= 0.6 is 35.0 Å². The third kappa shape index (κ3) is 4.63. The van der Waals surface area contributed by atoms with E-state index < -0.39 is 17.3 Å². The van der Waals surface area contributed by atoms with Crippen LogP contribution in [0.5, 0.6) is 0 Å². The van der Waals surface area contributed by atoms with E-state index in [1.54, 1.807) is 6.92 Å². The number of primary amides is 1. The predicted molar refractivity (Wildman–Crippen MR) is 93.4 cm³/mol. The molecule has 0 unspecified atom stereocenters. The molecule has 6 nitrogen and oxygen atoms in total. The molecule has 0 spiro atoms. The summed E-state index contributed by atoms with van der Waals surface area (Å²) in [6.45, 7) is 1.60. The minimum atomic E-state index is -4.52. The smallest absolute Gasteiger partial charge is 0.365 e. The average Bonchev–Trinajstić information content (AvgIpc) is 2.88. The molecule has 1 aromatic carbocycles. The molecule has 140 valence electrons. The van der Waals surface area contributed by atoms with Gasteiger partial charge in [0.05, 0.1) is 10.0 Å². The predicted octanol–water partition coefficient (Wildman–Crippen LogP) is 4.44. The molecule has 2 amide bonds. The van der Waals surface area contributed by atoms with E-state index in [1.165, 1.54) is 0 Å². The number of carbonyl (C=O) groups is 2. The van der Waals surface area contributed by atoms with E-state index in [9.17, 15) is 22.8 Å². The van der Waals surface area contributed by atoms with Crippen molar-refractivity contribution in [2.75, 3.05) is 5.32 Å². The number of nitrogens with zero attached hydrogens (tertiary/aromatic N) is 1. The summed E-state index contributed by atoms with van der Waals surface area (Å²) in [5, 5.41) is 8.42. The van der Waals surface area contributed by atoms with Crippen molar-refractivity contribution in [3.05, 3.63) is 27.7 Å². The standard InChI is InChI=1S/C14H11Cl2F3N4O2S/c1-2-8(24)21-13-10(12(20)25)11(22-23-13)9-6(15)3-5(4-7(9)16)26-14(17,18)19/h3-4H,2H2,1H3,(H2,20,25)(H2,21,22,23,24). The van der Waals surface area contributed by atoms with E-state index in [2.05, 4.69) is 15.5 Å². The van der Waals surface area contributed by atoms with Crippen molar-refractivity contribution >= 4 is 52.6 Å². The summed E-state index contributed by atoms with van der Waals surface area (Å²) in [5.74, 6) is -1.39. The van der Waals surface area contributed by atoms with Gasteiger partial charge < -0.3 is 11.1 Å². The van der Waals surface area contributed by atoms with E-state index >= 15 is 0 Å². The molecule has 2 aromatic rings. The van der Waals surface area contributed by atoms with E-state index in [0.29, 0.717) is 0 Å². The second kappa shape index (κ2) is 7.77. The fourth-order valence-electron chi connectivity index (χ4n) is 2.05. The molecule has 0 saturated heterocycles. The Morgan fingerprint density at radius 1 is 1.31 bits per heavy atom. The third-order valence-corrected chi connectivity index (χ3v) is 4.38. The van der Waals surface area contributed by atoms with Gasteiger partial charge >= 0.3 is 5.51 Å². The minimum absolute atomic E-state index is 0.0157. The largest absolute Gasteiger partial charge is 0.446 e. The second-order valence-corrected chi connectivity index (χ2v) is 6.85. The molecule has 0 aliphatic heterocycles.